The summed E-state index contributed by atoms with van der Waals surface area (Å²) in [5.41, 5.74) is 8.99. The van der Waals surface area contributed by atoms with E-state index in [1.54, 1.807) is 12.3 Å². The minimum absolute atomic E-state index is 0.280. The fraction of sp³-hybridized carbons (Fsp3) is 0.0476. The Bertz CT molecular complexity index is 1070. The Morgan fingerprint density at radius 2 is 1.93 bits per heavy atom. The summed E-state index contributed by atoms with van der Waals surface area (Å²) in [7, 11) is 0. The number of nitrogen functional groups attached to an aromatic ring is 1. The Hall–Kier alpha value is -3.80. The van der Waals surface area contributed by atoms with Gasteiger partial charge in [-0.15, -0.1) is 0 Å². The van der Waals surface area contributed by atoms with E-state index in [0.717, 1.165) is 16.6 Å². The molecule has 0 unspecified atom stereocenters. The smallest absolute Gasteiger partial charge is 0.291 e. The molecule has 4 aromatic rings. The third-order valence-electron chi connectivity index (χ3n) is 4.16. The second kappa shape index (κ2) is 7.21. The van der Waals surface area contributed by atoms with Gasteiger partial charge in [-0.3, -0.25) is 4.79 Å². The van der Waals surface area contributed by atoms with Gasteiger partial charge >= 0.3 is 0 Å². The van der Waals surface area contributed by atoms with Crippen LogP contribution >= 0.6 is 0 Å². The van der Waals surface area contributed by atoms with Crippen molar-refractivity contribution in [2.45, 2.75) is 6.54 Å². The van der Waals surface area contributed by atoms with Crippen LogP contribution in [0.15, 0.2) is 77.3 Å². The molecular formula is C21H18N4O2. The maximum atomic E-state index is 12.5. The maximum Gasteiger partial charge on any atom is 0.291 e. The highest BCUT2D eigenvalue weighted by molar-refractivity contribution is 6.04. The zero-order chi connectivity index (χ0) is 18.6. The number of nitrogens with zero attached hydrogens (tertiary/aromatic N) is 1. The average Bonchev–Trinajstić information content (AvgIpc) is 3.12. The fourth-order valence-electron chi connectivity index (χ4n) is 2.81. The van der Waals surface area contributed by atoms with Crippen LogP contribution < -0.4 is 16.4 Å². The zero-order valence-corrected chi connectivity index (χ0v) is 14.5. The molecule has 27 heavy (non-hydrogen) atoms. The molecule has 6 nitrogen and oxygen atoms in total. The highest BCUT2D eigenvalue weighted by Gasteiger charge is 2.12. The first-order chi connectivity index (χ1) is 13.2. The van der Waals surface area contributed by atoms with Crippen molar-refractivity contribution in [3.05, 3.63) is 84.3 Å². The number of nitrogens with two attached hydrogens (primary N) is 1. The first kappa shape index (κ1) is 16.7. The standard InChI is InChI=1S/C21H18N4O2/c22-20-17(8-4-10-23-20)24-13-14-5-3-7-16(11-14)25-21(26)19-12-15-6-1-2-9-18(15)27-19/h1-12,24H,13H2,(H2,22,23)(H,25,26). The predicted molar refractivity (Wildman–Crippen MR) is 107 cm³/mol. The summed E-state index contributed by atoms with van der Waals surface area (Å²) in [4.78, 5) is 16.5. The van der Waals surface area contributed by atoms with Gasteiger partial charge in [-0.1, -0.05) is 30.3 Å². The monoisotopic (exact) mass is 358 g/mol. The molecule has 0 aliphatic rings. The number of benzene rings is 2. The number of hydrogen-bond acceptors (Lipinski definition) is 5. The quantitative estimate of drug-likeness (QED) is 0.495. The molecule has 0 aliphatic carbocycles. The van der Waals surface area contributed by atoms with E-state index in [1.165, 1.54) is 0 Å². The lowest BCUT2D eigenvalue weighted by atomic mass is 10.2. The number of furan rings is 1. The van der Waals surface area contributed by atoms with Crippen molar-refractivity contribution in [3.8, 4) is 0 Å². The van der Waals surface area contributed by atoms with Crippen LogP contribution in [0.1, 0.15) is 16.1 Å². The van der Waals surface area contributed by atoms with Crippen LogP contribution in [0, 0.1) is 0 Å². The Morgan fingerprint density at radius 1 is 1.04 bits per heavy atom. The number of rotatable bonds is 5. The van der Waals surface area contributed by atoms with Crippen LogP contribution in [0.4, 0.5) is 17.2 Å². The fourth-order valence-corrected chi connectivity index (χ4v) is 2.81. The summed E-state index contributed by atoms with van der Waals surface area (Å²) in [6, 6.07) is 20.6. The third kappa shape index (κ3) is 3.74. The van der Waals surface area contributed by atoms with Gasteiger partial charge in [0.25, 0.3) is 5.91 Å². The summed E-state index contributed by atoms with van der Waals surface area (Å²) in [5, 5.41) is 7.01. The lowest BCUT2D eigenvalue weighted by molar-refractivity contribution is 0.0998. The Morgan fingerprint density at radius 3 is 2.78 bits per heavy atom. The minimum atomic E-state index is -0.284. The number of para-hydroxylation sites is 1. The van der Waals surface area contributed by atoms with E-state index in [9.17, 15) is 4.79 Å². The predicted octanol–water partition coefficient (Wildman–Crippen LogP) is 4.27. The second-order valence-corrected chi connectivity index (χ2v) is 6.09. The molecule has 0 bridgehead atoms. The topological polar surface area (TPSA) is 93.2 Å². The molecule has 1 amide bonds. The zero-order valence-electron chi connectivity index (χ0n) is 14.5. The van der Waals surface area contributed by atoms with Crippen molar-refractivity contribution in [3.63, 3.8) is 0 Å². The number of pyridine rings is 1. The first-order valence-electron chi connectivity index (χ1n) is 8.52. The van der Waals surface area contributed by atoms with Crippen molar-refractivity contribution in [2.24, 2.45) is 0 Å². The van der Waals surface area contributed by atoms with Gasteiger partial charge in [0, 0.05) is 23.8 Å². The molecular weight excluding hydrogens is 340 g/mol. The van der Waals surface area contributed by atoms with Crippen LogP contribution in [0.3, 0.4) is 0 Å². The van der Waals surface area contributed by atoms with E-state index in [-0.39, 0.29) is 11.7 Å². The number of carbonyl (C=O) groups is 1. The SMILES string of the molecule is Nc1ncccc1NCc1cccc(NC(=O)c2cc3ccccc3o2)c1. The molecule has 0 atom stereocenters. The summed E-state index contributed by atoms with van der Waals surface area (Å²) in [6.45, 7) is 0.560. The van der Waals surface area contributed by atoms with Gasteiger partial charge in [0.15, 0.2) is 5.76 Å². The number of amides is 1. The number of carbonyl (C=O) groups excluding carboxylic acids is 1. The number of fused-ring (bicyclic) bond motifs is 1. The third-order valence-corrected chi connectivity index (χ3v) is 4.16. The molecule has 2 aromatic heterocycles. The molecule has 134 valence electrons. The molecule has 0 spiro atoms. The van der Waals surface area contributed by atoms with Gasteiger partial charge in [0.2, 0.25) is 0 Å². The number of aromatic nitrogens is 1. The Labute approximate surface area is 156 Å². The molecule has 4 rings (SSSR count). The van der Waals surface area contributed by atoms with E-state index >= 15 is 0 Å². The van der Waals surface area contributed by atoms with E-state index in [2.05, 4.69) is 15.6 Å². The minimum Gasteiger partial charge on any atom is -0.451 e. The molecule has 2 heterocycles. The van der Waals surface area contributed by atoms with Gasteiger partial charge in [-0.05, 0) is 42.0 Å². The van der Waals surface area contributed by atoms with E-state index in [1.807, 2.05) is 60.7 Å². The molecule has 6 heteroatoms. The summed E-state index contributed by atoms with van der Waals surface area (Å²) >= 11 is 0. The van der Waals surface area contributed by atoms with Crippen LogP contribution in [0.5, 0.6) is 0 Å². The van der Waals surface area contributed by atoms with Gasteiger partial charge < -0.3 is 20.8 Å². The van der Waals surface area contributed by atoms with Crippen molar-refractivity contribution in [2.75, 3.05) is 16.4 Å². The van der Waals surface area contributed by atoms with Crippen molar-refractivity contribution in [1.82, 2.24) is 4.98 Å². The highest BCUT2D eigenvalue weighted by Crippen LogP contribution is 2.21. The van der Waals surface area contributed by atoms with Gasteiger partial charge in [-0.2, -0.15) is 0 Å². The lowest BCUT2D eigenvalue weighted by Crippen LogP contribution is -2.11. The van der Waals surface area contributed by atoms with E-state index in [4.69, 9.17) is 10.2 Å². The lowest BCUT2D eigenvalue weighted by Gasteiger charge is -2.10. The normalized spacial score (nSPS) is 10.7. The molecule has 0 aliphatic heterocycles. The molecule has 0 saturated carbocycles. The van der Waals surface area contributed by atoms with Crippen molar-refractivity contribution >= 4 is 34.1 Å². The Kier molecular flexibility index (Phi) is 4.45. The van der Waals surface area contributed by atoms with E-state index < -0.39 is 0 Å². The van der Waals surface area contributed by atoms with Crippen LogP contribution in [0.2, 0.25) is 0 Å². The first-order valence-corrected chi connectivity index (χ1v) is 8.52. The van der Waals surface area contributed by atoms with Crippen LogP contribution in [0.25, 0.3) is 11.0 Å². The number of hydrogen-bond donors (Lipinski definition) is 3. The molecule has 0 saturated heterocycles. The van der Waals surface area contributed by atoms with Crippen LogP contribution in [-0.2, 0) is 6.54 Å². The second-order valence-electron chi connectivity index (χ2n) is 6.09. The van der Waals surface area contributed by atoms with Crippen LogP contribution in [-0.4, -0.2) is 10.9 Å². The molecule has 4 N–H and O–H groups in total. The average molecular weight is 358 g/mol. The largest absolute Gasteiger partial charge is 0.451 e. The highest BCUT2D eigenvalue weighted by atomic mass is 16.3. The molecule has 2 aromatic carbocycles. The van der Waals surface area contributed by atoms with Crippen molar-refractivity contribution < 1.29 is 9.21 Å². The van der Waals surface area contributed by atoms with Gasteiger partial charge in [0.05, 0.1) is 5.69 Å². The maximum absolute atomic E-state index is 12.5. The summed E-state index contributed by atoms with van der Waals surface area (Å²) < 4.78 is 5.61. The summed E-state index contributed by atoms with van der Waals surface area (Å²) in [6.07, 6.45) is 1.65. The Balaban J connectivity index is 1.45. The van der Waals surface area contributed by atoms with E-state index in [0.29, 0.717) is 23.6 Å². The number of nitrogens with one attached hydrogen (secondary N) is 2. The van der Waals surface area contributed by atoms with Gasteiger partial charge in [-0.25, -0.2) is 4.98 Å². The summed E-state index contributed by atoms with van der Waals surface area (Å²) in [5.74, 6) is 0.447. The molecule has 0 radical (unpaired) electrons. The van der Waals surface area contributed by atoms with Gasteiger partial charge in [0.1, 0.15) is 11.4 Å². The molecule has 0 fully saturated rings. The van der Waals surface area contributed by atoms with Crippen molar-refractivity contribution in [1.29, 1.82) is 0 Å². The number of anilines is 3.